The first-order chi connectivity index (χ1) is 16.7. The molecule has 6 rings (SSSR count). The number of anilines is 4. The van der Waals surface area contributed by atoms with E-state index >= 15 is 0 Å². The molecule has 34 heavy (non-hydrogen) atoms. The van der Waals surface area contributed by atoms with Gasteiger partial charge in [0, 0.05) is 53.7 Å². The molecule has 0 atom stereocenters. The number of carbonyl (C=O) groups is 1. The van der Waals surface area contributed by atoms with Gasteiger partial charge >= 0.3 is 0 Å². The zero-order valence-electron chi connectivity index (χ0n) is 18.8. The minimum absolute atomic E-state index is 0.111. The van der Waals surface area contributed by atoms with E-state index in [1.54, 1.807) is 0 Å². The number of amides is 1. The third-order valence-electron chi connectivity index (χ3n) is 6.36. The summed E-state index contributed by atoms with van der Waals surface area (Å²) in [6.07, 6.45) is 6.09. The number of hydrogen-bond acceptors (Lipinski definition) is 3. The number of carbonyl (C=O) groups excluding carboxylic acids is 1. The monoisotopic (exact) mass is 444 g/mol. The smallest absolute Gasteiger partial charge is 0.257 e. The maximum Gasteiger partial charge on any atom is 0.257 e. The maximum absolute atomic E-state index is 13.0. The first kappa shape index (κ1) is 20.1. The molecule has 4 aromatic carbocycles. The Bertz CT molecular complexity index is 1560. The lowest BCUT2D eigenvalue weighted by Crippen LogP contribution is -2.12. The number of para-hydroxylation sites is 1. The summed E-state index contributed by atoms with van der Waals surface area (Å²) in [6, 6.07) is 28.6. The largest absolute Gasteiger partial charge is 0.379 e. The molecule has 0 spiro atoms. The van der Waals surface area contributed by atoms with Crippen molar-refractivity contribution in [3.63, 3.8) is 0 Å². The van der Waals surface area contributed by atoms with Crippen LogP contribution in [0.3, 0.4) is 0 Å². The van der Waals surface area contributed by atoms with Gasteiger partial charge in [-0.25, -0.2) is 0 Å². The molecular weight excluding hydrogens is 420 g/mol. The van der Waals surface area contributed by atoms with Gasteiger partial charge in [0.25, 0.3) is 5.91 Å². The Hall–Kier alpha value is -4.51. The van der Waals surface area contributed by atoms with Crippen molar-refractivity contribution in [1.29, 1.82) is 0 Å². The van der Waals surface area contributed by atoms with Gasteiger partial charge < -0.3 is 20.1 Å². The SMILES string of the molecule is Cn1cc(C(=O)Nc2ccc(N3C=CCNc4c3ccc3ccccc43)cc2)c2ccccc21. The molecule has 166 valence electrons. The fourth-order valence-electron chi connectivity index (χ4n) is 4.70. The third kappa shape index (κ3) is 3.39. The molecule has 1 aliphatic rings. The Morgan fingerprint density at radius 1 is 0.882 bits per heavy atom. The minimum atomic E-state index is -0.111. The van der Waals surface area contributed by atoms with Crippen LogP contribution in [0.1, 0.15) is 10.4 Å². The van der Waals surface area contributed by atoms with Crippen LogP contribution in [0, 0.1) is 0 Å². The van der Waals surface area contributed by atoms with Gasteiger partial charge in [-0.1, -0.05) is 48.5 Å². The van der Waals surface area contributed by atoms with Gasteiger partial charge in [0.2, 0.25) is 0 Å². The van der Waals surface area contributed by atoms with Crippen LogP contribution in [0.5, 0.6) is 0 Å². The van der Waals surface area contributed by atoms with Crippen LogP contribution in [0.25, 0.3) is 21.7 Å². The molecule has 0 bridgehead atoms. The van der Waals surface area contributed by atoms with Gasteiger partial charge in [-0.2, -0.15) is 0 Å². The highest BCUT2D eigenvalue weighted by Gasteiger charge is 2.17. The molecule has 0 saturated carbocycles. The maximum atomic E-state index is 13.0. The highest BCUT2D eigenvalue weighted by Crippen LogP contribution is 2.39. The van der Waals surface area contributed by atoms with Crippen molar-refractivity contribution >= 4 is 50.3 Å². The Labute approximate surface area is 197 Å². The van der Waals surface area contributed by atoms with Gasteiger partial charge in [-0.05, 0) is 47.9 Å². The molecular formula is C29H24N4O. The Balaban J connectivity index is 1.30. The molecule has 5 nitrogen and oxygen atoms in total. The molecule has 0 unspecified atom stereocenters. The number of aromatic nitrogens is 1. The quantitative estimate of drug-likeness (QED) is 0.327. The second kappa shape index (κ2) is 8.12. The predicted molar refractivity (Wildman–Crippen MR) is 141 cm³/mol. The highest BCUT2D eigenvalue weighted by molar-refractivity contribution is 6.13. The number of aryl methyl sites for hydroxylation is 1. The van der Waals surface area contributed by atoms with E-state index in [0.717, 1.165) is 40.2 Å². The predicted octanol–water partition coefficient (Wildman–Crippen LogP) is 6.66. The summed E-state index contributed by atoms with van der Waals surface area (Å²) in [7, 11) is 1.96. The van der Waals surface area contributed by atoms with E-state index in [1.165, 1.54) is 10.8 Å². The summed E-state index contributed by atoms with van der Waals surface area (Å²) in [6.45, 7) is 0.761. The van der Waals surface area contributed by atoms with Crippen LogP contribution < -0.4 is 15.5 Å². The zero-order valence-corrected chi connectivity index (χ0v) is 18.8. The topological polar surface area (TPSA) is 49.3 Å². The van der Waals surface area contributed by atoms with E-state index < -0.39 is 0 Å². The first-order valence-electron chi connectivity index (χ1n) is 11.4. The molecule has 2 N–H and O–H groups in total. The Kier molecular flexibility index (Phi) is 4.81. The number of rotatable bonds is 3. The molecule has 0 fully saturated rings. The van der Waals surface area contributed by atoms with Crippen LogP contribution in [0.15, 0.2) is 103 Å². The van der Waals surface area contributed by atoms with Crippen molar-refractivity contribution in [3.05, 3.63) is 109 Å². The fourth-order valence-corrected chi connectivity index (χ4v) is 4.70. The van der Waals surface area contributed by atoms with Crippen LogP contribution in [0.2, 0.25) is 0 Å². The zero-order chi connectivity index (χ0) is 23.1. The summed E-state index contributed by atoms with van der Waals surface area (Å²) < 4.78 is 1.98. The summed E-state index contributed by atoms with van der Waals surface area (Å²) in [5.41, 5.74) is 5.72. The van der Waals surface area contributed by atoms with Gasteiger partial charge in [0.05, 0.1) is 16.9 Å². The van der Waals surface area contributed by atoms with Crippen molar-refractivity contribution in [3.8, 4) is 0 Å². The molecule has 1 aliphatic heterocycles. The molecule has 2 heterocycles. The van der Waals surface area contributed by atoms with E-state index in [2.05, 4.69) is 64.2 Å². The minimum Gasteiger partial charge on any atom is -0.379 e. The number of nitrogens with one attached hydrogen (secondary N) is 2. The summed E-state index contributed by atoms with van der Waals surface area (Å²) in [5.74, 6) is -0.111. The molecule has 0 aliphatic carbocycles. The number of hydrogen-bond donors (Lipinski definition) is 2. The average Bonchev–Trinajstić information content (AvgIpc) is 3.06. The van der Waals surface area contributed by atoms with Crippen LogP contribution in [-0.4, -0.2) is 17.0 Å². The third-order valence-corrected chi connectivity index (χ3v) is 6.36. The van der Waals surface area contributed by atoms with E-state index in [4.69, 9.17) is 0 Å². The van der Waals surface area contributed by atoms with Crippen molar-refractivity contribution < 1.29 is 4.79 Å². The normalized spacial score (nSPS) is 12.9. The summed E-state index contributed by atoms with van der Waals surface area (Å²) >= 11 is 0. The van der Waals surface area contributed by atoms with Crippen molar-refractivity contribution in [2.45, 2.75) is 0 Å². The van der Waals surface area contributed by atoms with Crippen molar-refractivity contribution in [1.82, 2.24) is 4.57 Å². The molecule has 5 heteroatoms. The van der Waals surface area contributed by atoms with E-state index in [0.29, 0.717) is 5.56 Å². The van der Waals surface area contributed by atoms with E-state index in [1.807, 2.05) is 66.3 Å². The van der Waals surface area contributed by atoms with Crippen molar-refractivity contribution in [2.24, 2.45) is 7.05 Å². The second-order valence-corrected chi connectivity index (χ2v) is 8.49. The van der Waals surface area contributed by atoms with Crippen LogP contribution in [-0.2, 0) is 7.05 Å². The van der Waals surface area contributed by atoms with E-state index in [-0.39, 0.29) is 5.91 Å². The number of nitrogens with zero attached hydrogens (tertiary/aromatic N) is 2. The number of benzene rings is 4. The van der Waals surface area contributed by atoms with Crippen LogP contribution >= 0.6 is 0 Å². The lowest BCUT2D eigenvalue weighted by atomic mass is 10.1. The second-order valence-electron chi connectivity index (χ2n) is 8.49. The molecule has 0 radical (unpaired) electrons. The van der Waals surface area contributed by atoms with Gasteiger partial charge in [-0.3, -0.25) is 4.79 Å². The standard InChI is InChI=1S/C29H24N4O/c1-32-19-25(24-9-4-5-10-26(24)32)29(34)31-21-12-14-22(15-13-21)33-18-6-17-30-28-23-8-3-2-7-20(23)11-16-27(28)33/h2-16,18-19,30H,17H2,1H3,(H,31,34). The Morgan fingerprint density at radius 2 is 1.65 bits per heavy atom. The highest BCUT2D eigenvalue weighted by atomic mass is 16.1. The average molecular weight is 445 g/mol. The molecule has 0 saturated heterocycles. The fraction of sp³-hybridized carbons (Fsp3) is 0.0690. The molecule has 1 aromatic heterocycles. The number of fused-ring (bicyclic) bond motifs is 4. The Morgan fingerprint density at radius 3 is 2.50 bits per heavy atom. The summed E-state index contributed by atoms with van der Waals surface area (Å²) in [5, 5.41) is 9.96. The lowest BCUT2D eigenvalue weighted by molar-refractivity contribution is 0.102. The van der Waals surface area contributed by atoms with Gasteiger partial charge in [-0.15, -0.1) is 0 Å². The van der Waals surface area contributed by atoms with Gasteiger partial charge in [0.1, 0.15) is 0 Å². The molecule has 1 amide bonds. The summed E-state index contributed by atoms with van der Waals surface area (Å²) in [4.78, 5) is 15.2. The van der Waals surface area contributed by atoms with Gasteiger partial charge in [0.15, 0.2) is 0 Å². The van der Waals surface area contributed by atoms with Crippen LogP contribution in [0.4, 0.5) is 22.7 Å². The lowest BCUT2D eigenvalue weighted by Gasteiger charge is -2.23. The van der Waals surface area contributed by atoms with Crippen molar-refractivity contribution in [2.75, 3.05) is 22.1 Å². The van der Waals surface area contributed by atoms with E-state index in [9.17, 15) is 4.79 Å². The molecule has 5 aromatic rings. The first-order valence-corrected chi connectivity index (χ1v) is 11.4.